The molecule has 0 heterocycles. The van der Waals surface area contributed by atoms with Crippen LogP contribution >= 0.6 is 0 Å². The molecule has 2 aromatic carbocycles. The standard InChI is InChI=1S/C17H19O/c1-3-13-18-17(15-7-5-4-6-8-15)16-11-9-14(2)10-12-16/h4-12,17H,2-3,13H2,1H3. The molecule has 0 aromatic heterocycles. The van der Waals surface area contributed by atoms with E-state index in [1.807, 2.05) is 30.3 Å². The van der Waals surface area contributed by atoms with Gasteiger partial charge in [0.25, 0.3) is 0 Å². The number of hydrogen-bond donors (Lipinski definition) is 0. The maximum atomic E-state index is 5.98. The molecule has 1 nitrogen and oxygen atoms in total. The Hall–Kier alpha value is -1.60. The van der Waals surface area contributed by atoms with Gasteiger partial charge in [0.1, 0.15) is 6.10 Å². The molecule has 0 aliphatic rings. The van der Waals surface area contributed by atoms with Crippen LogP contribution in [0, 0.1) is 6.92 Å². The Balaban J connectivity index is 2.27. The molecule has 1 heteroatoms. The molecule has 18 heavy (non-hydrogen) atoms. The van der Waals surface area contributed by atoms with Crippen molar-refractivity contribution in [3.05, 3.63) is 78.2 Å². The van der Waals surface area contributed by atoms with E-state index < -0.39 is 0 Å². The molecule has 0 bridgehead atoms. The number of ether oxygens (including phenoxy) is 1. The molecule has 0 amide bonds. The molecule has 0 aliphatic carbocycles. The zero-order valence-electron chi connectivity index (χ0n) is 10.8. The molecule has 0 aliphatic heterocycles. The van der Waals surface area contributed by atoms with Gasteiger partial charge in [0.2, 0.25) is 0 Å². The lowest BCUT2D eigenvalue weighted by atomic mass is 10.0. The van der Waals surface area contributed by atoms with E-state index in [2.05, 4.69) is 38.1 Å². The molecule has 1 unspecified atom stereocenters. The van der Waals surface area contributed by atoms with E-state index in [-0.39, 0.29) is 6.10 Å². The summed E-state index contributed by atoms with van der Waals surface area (Å²) in [4.78, 5) is 0. The largest absolute Gasteiger partial charge is 0.369 e. The second-order valence-electron chi connectivity index (χ2n) is 4.40. The minimum absolute atomic E-state index is 0.0201. The Kier molecular flexibility index (Phi) is 4.54. The predicted molar refractivity (Wildman–Crippen MR) is 75.4 cm³/mol. The van der Waals surface area contributed by atoms with E-state index in [0.717, 1.165) is 18.6 Å². The quantitative estimate of drug-likeness (QED) is 0.752. The summed E-state index contributed by atoms with van der Waals surface area (Å²) in [5.41, 5.74) is 3.41. The van der Waals surface area contributed by atoms with Crippen molar-refractivity contribution >= 4 is 0 Å². The van der Waals surface area contributed by atoms with Gasteiger partial charge in [0, 0.05) is 6.61 Å². The van der Waals surface area contributed by atoms with Crippen LogP contribution in [0.25, 0.3) is 0 Å². The van der Waals surface area contributed by atoms with E-state index in [9.17, 15) is 0 Å². The lowest BCUT2D eigenvalue weighted by Gasteiger charge is -2.18. The van der Waals surface area contributed by atoms with Crippen LogP contribution in [0.3, 0.4) is 0 Å². The summed E-state index contributed by atoms with van der Waals surface area (Å²) in [5, 5.41) is 0. The lowest BCUT2D eigenvalue weighted by Crippen LogP contribution is -2.07. The Labute approximate surface area is 109 Å². The fourth-order valence-electron chi connectivity index (χ4n) is 1.94. The Morgan fingerprint density at radius 3 is 2.17 bits per heavy atom. The number of hydrogen-bond acceptors (Lipinski definition) is 1. The van der Waals surface area contributed by atoms with E-state index >= 15 is 0 Å². The molecule has 0 spiro atoms. The second kappa shape index (κ2) is 6.36. The highest BCUT2D eigenvalue weighted by Gasteiger charge is 2.13. The first kappa shape index (κ1) is 12.8. The molecule has 2 rings (SSSR count). The topological polar surface area (TPSA) is 9.23 Å². The van der Waals surface area contributed by atoms with Crippen LogP contribution in [-0.2, 0) is 4.74 Å². The van der Waals surface area contributed by atoms with Crippen LogP contribution in [0.15, 0.2) is 54.6 Å². The van der Waals surface area contributed by atoms with E-state index in [1.54, 1.807) is 0 Å². The summed E-state index contributed by atoms with van der Waals surface area (Å²) in [6.07, 6.45) is 1.04. The van der Waals surface area contributed by atoms with Gasteiger partial charge >= 0.3 is 0 Å². The third-order valence-corrected chi connectivity index (χ3v) is 2.87. The molecule has 1 radical (unpaired) electrons. The van der Waals surface area contributed by atoms with Gasteiger partial charge in [-0.1, -0.05) is 61.5 Å². The van der Waals surface area contributed by atoms with Crippen LogP contribution in [0.4, 0.5) is 0 Å². The molecule has 0 fully saturated rings. The van der Waals surface area contributed by atoms with Crippen molar-refractivity contribution < 1.29 is 4.74 Å². The number of rotatable bonds is 5. The summed E-state index contributed by atoms with van der Waals surface area (Å²) >= 11 is 0. The van der Waals surface area contributed by atoms with Crippen LogP contribution in [0.5, 0.6) is 0 Å². The Morgan fingerprint density at radius 1 is 0.944 bits per heavy atom. The van der Waals surface area contributed by atoms with Crippen LogP contribution in [0.1, 0.15) is 36.1 Å². The van der Waals surface area contributed by atoms with E-state index in [1.165, 1.54) is 11.1 Å². The maximum absolute atomic E-state index is 5.98. The van der Waals surface area contributed by atoms with Crippen LogP contribution in [-0.4, -0.2) is 6.61 Å². The monoisotopic (exact) mass is 239 g/mol. The SMILES string of the molecule is [CH2]c1ccc(C(OCCC)c2ccccc2)cc1. The Bertz CT molecular complexity index is 459. The smallest absolute Gasteiger partial charge is 0.108 e. The van der Waals surface area contributed by atoms with Crippen LogP contribution < -0.4 is 0 Å². The first-order valence-corrected chi connectivity index (χ1v) is 6.39. The van der Waals surface area contributed by atoms with Crippen LogP contribution in [0.2, 0.25) is 0 Å². The molecule has 93 valence electrons. The zero-order valence-corrected chi connectivity index (χ0v) is 10.8. The summed E-state index contributed by atoms with van der Waals surface area (Å²) < 4.78 is 5.98. The fraction of sp³-hybridized carbons (Fsp3) is 0.235. The molecule has 0 N–H and O–H groups in total. The summed E-state index contributed by atoms with van der Waals surface area (Å²) in [7, 11) is 0. The maximum Gasteiger partial charge on any atom is 0.108 e. The minimum atomic E-state index is 0.0201. The molecule has 2 aromatic rings. The van der Waals surface area contributed by atoms with Crippen molar-refractivity contribution in [3.8, 4) is 0 Å². The second-order valence-corrected chi connectivity index (χ2v) is 4.40. The van der Waals surface area contributed by atoms with Gasteiger partial charge in [0.15, 0.2) is 0 Å². The van der Waals surface area contributed by atoms with E-state index in [0.29, 0.717) is 0 Å². The summed E-state index contributed by atoms with van der Waals surface area (Å²) in [5.74, 6) is 0. The van der Waals surface area contributed by atoms with Gasteiger partial charge in [-0.2, -0.15) is 0 Å². The summed E-state index contributed by atoms with van der Waals surface area (Å²) in [6, 6.07) is 18.6. The average molecular weight is 239 g/mol. The highest BCUT2D eigenvalue weighted by atomic mass is 16.5. The van der Waals surface area contributed by atoms with Gasteiger partial charge in [-0.25, -0.2) is 0 Å². The highest BCUT2D eigenvalue weighted by molar-refractivity contribution is 5.32. The molecule has 1 atom stereocenters. The van der Waals surface area contributed by atoms with Gasteiger partial charge in [-0.05, 0) is 30.0 Å². The van der Waals surface area contributed by atoms with Crippen molar-refractivity contribution in [1.29, 1.82) is 0 Å². The van der Waals surface area contributed by atoms with Crippen molar-refractivity contribution in [2.75, 3.05) is 6.61 Å². The van der Waals surface area contributed by atoms with Crippen molar-refractivity contribution in [2.24, 2.45) is 0 Å². The number of benzene rings is 2. The minimum Gasteiger partial charge on any atom is -0.369 e. The summed E-state index contributed by atoms with van der Waals surface area (Å²) in [6.45, 7) is 6.81. The molecular weight excluding hydrogens is 220 g/mol. The first-order valence-electron chi connectivity index (χ1n) is 6.39. The predicted octanol–water partition coefficient (Wildman–Crippen LogP) is 4.38. The molecule has 0 saturated carbocycles. The highest BCUT2D eigenvalue weighted by Crippen LogP contribution is 2.26. The molecular formula is C17H19O. The third-order valence-electron chi connectivity index (χ3n) is 2.87. The molecule has 0 saturated heterocycles. The van der Waals surface area contributed by atoms with Crippen molar-refractivity contribution in [3.63, 3.8) is 0 Å². The normalized spacial score (nSPS) is 12.3. The Morgan fingerprint density at radius 2 is 1.56 bits per heavy atom. The van der Waals surface area contributed by atoms with E-state index in [4.69, 9.17) is 4.74 Å². The first-order chi connectivity index (χ1) is 8.81. The zero-order chi connectivity index (χ0) is 12.8. The van der Waals surface area contributed by atoms with Gasteiger partial charge in [-0.15, -0.1) is 0 Å². The van der Waals surface area contributed by atoms with Crippen molar-refractivity contribution in [1.82, 2.24) is 0 Å². The van der Waals surface area contributed by atoms with Gasteiger partial charge in [0.05, 0.1) is 0 Å². The average Bonchev–Trinajstić information content (AvgIpc) is 2.42. The van der Waals surface area contributed by atoms with Gasteiger partial charge in [-0.3, -0.25) is 0 Å². The lowest BCUT2D eigenvalue weighted by molar-refractivity contribution is 0.0806. The fourth-order valence-corrected chi connectivity index (χ4v) is 1.94. The third kappa shape index (κ3) is 3.21. The van der Waals surface area contributed by atoms with Crippen molar-refractivity contribution in [2.45, 2.75) is 19.4 Å². The van der Waals surface area contributed by atoms with Gasteiger partial charge < -0.3 is 4.74 Å².